The molecule has 1 N–H and O–H groups in total. The first kappa shape index (κ1) is 22.4. The number of esters is 1. The van der Waals surface area contributed by atoms with Crippen LogP contribution in [0.5, 0.6) is 0 Å². The molecule has 0 saturated carbocycles. The Morgan fingerprint density at radius 3 is 2.53 bits per heavy atom. The predicted octanol–water partition coefficient (Wildman–Crippen LogP) is 5.30. The van der Waals surface area contributed by atoms with Gasteiger partial charge in [-0.3, -0.25) is 4.79 Å². The van der Waals surface area contributed by atoms with Gasteiger partial charge < -0.3 is 14.5 Å². The first-order valence-corrected chi connectivity index (χ1v) is 9.11. The molecule has 0 atom stereocenters. The van der Waals surface area contributed by atoms with Gasteiger partial charge in [0.15, 0.2) is 0 Å². The number of benzene rings is 2. The molecule has 162 valence electrons. The summed E-state index contributed by atoms with van der Waals surface area (Å²) in [5, 5.41) is 11.8. The van der Waals surface area contributed by atoms with Crippen molar-refractivity contribution in [3.05, 3.63) is 83.1 Å². The Kier molecular flexibility index (Phi) is 6.45. The van der Waals surface area contributed by atoms with E-state index in [9.17, 15) is 28.0 Å². The lowest BCUT2D eigenvalue weighted by Gasteiger charge is -2.08. The van der Waals surface area contributed by atoms with Crippen LogP contribution in [0, 0.1) is 11.3 Å². The third-order valence-corrected chi connectivity index (χ3v) is 4.33. The fraction of sp³-hybridized carbons (Fsp3) is 0.0870. The number of nitrogens with one attached hydrogen (secondary N) is 1. The second kappa shape index (κ2) is 9.22. The third-order valence-electron chi connectivity index (χ3n) is 4.33. The van der Waals surface area contributed by atoms with E-state index in [4.69, 9.17) is 4.42 Å². The van der Waals surface area contributed by atoms with Crippen molar-refractivity contribution >= 4 is 23.6 Å². The molecular weight excluding hydrogens is 425 g/mol. The predicted molar refractivity (Wildman–Crippen MR) is 109 cm³/mol. The molecule has 0 aliphatic heterocycles. The molecule has 32 heavy (non-hydrogen) atoms. The average molecular weight is 440 g/mol. The number of nitriles is 1. The number of hydrogen-bond donors (Lipinski definition) is 1. The van der Waals surface area contributed by atoms with Crippen LogP contribution in [0.25, 0.3) is 17.4 Å². The Balaban J connectivity index is 1.84. The molecule has 0 fully saturated rings. The van der Waals surface area contributed by atoms with Gasteiger partial charge in [-0.25, -0.2) is 4.79 Å². The fourth-order valence-corrected chi connectivity index (χ4v) is 2.79. The Morgan fingerprint density at radius 1 is 1.09 bits per heavy atom. The Bertz CT molecular complexity index is 1240. The molecule has 1 aromatic heterocycles. The minimum atomic E-state index is -4.50. The first-order valence-electron chi connectivity index (χ1n) is 9.11. The Morgan fingerprint density at radius 2 is 1.84 bits per heavy atom. The van der Waals surface area contributed by atoms with Gasteiger partial charge in [0.25, 0.3) is 5.91 Å². The minimum Gasteiger partial charge on any atom is -0.465 e. The molecule has 0 radical (unpaired) electrons. The molecule has 9 heteroatoms. The lowest BCUT2D eigenvalue weighted by Crippen LogP contribution is -2.16. The molecule has 0 spiro atoms. The molecule has 3 aromatic rings. The summed E-state index contributed by atoms with van der Waals surface area (Å²) < 4.78 is 48.9. The molecular formula is C23H15F3N2O4. The molecule has 0 unspecified atom stereocenters. The van der Waals surface area contributed by atoms with E-state index in [0.29, 0.717) is 0 Å². The molecule has 0 saturated heterocycles. The molecule has 0 aliphatic carbocycles. The number of anilines is 1. The van der Waals surface area contributed by atoms with Crippen LogP contribution in [0.1, 0.15) is 21.7 Å². The van der Waals surface area contributed by atoms with Crippen molar-refractivity contribution in [2.75, 3.05) is 12.4 Å². The number of nitrogens with zero attached hydrogens (tertiary/aromatic N) is 1. The molecule has 3 rings (SSSR count). The van der Waals surface area contributed by atoms with Gasteiger partial charge in [-0.05, 0) is 36.4 Å². The number of rotatable bonds is 5. The number of hydrogen-bond acceptors (Lipinski definition) is 5. The largest absolute Gasteiger partial charge is 0.465 e. The van der Waals surface area contributed by atoms with E-state index in [1.165, 1.54) is 43.5 Å². The van der Waals surface area contributed by atoms with Gasteiger partial charge in [-0.15, -0.1) is 0 Å². The van der Waals surface area contributed by atoms with E-state index >= 15 is 0 Å². The normalized spacial score (nSPS) is 11.5. The lowest BCUT2D eigenvalue weighted by molar-refractivity contribution is -0.137. The number of amides is 1. The quantitative estimate of drug-likeness (QED) is 0.330. The summed E-state index contributed by atoms with van der Waals surface area (Å²) in [4.78, 5) is 24.4. The van der Waals surface area contributed by atoms with Gasteiger partial charge in [0, 0.05) is 11.6 Å². The van der Waals surface area contributed by atoms with Crippen LogP contribution in [0.3, 0.4) is 0 Å². The smallest absolute Gasteiger partial charge is 0.416 e. The molecule has 1 amide bonds. The summed E-state index contributed by atoms with van der Waals surface area (Å²) in [6.45, 7) is 0. The van der Waals surface area contributed by atoms with Gasteiger partial charge in [-0.1, -0.05) is 24.3 Å². The Hall–Kier alpha value is -4.32. The number of alkyl halides is 3. The highest BCUT2D eigenvalue weighted by atomic mass is 19.4. The summed E-state index contributed by atoms with van der Waals surface area (Å²) >= 11 is 0. The highest BCUT2D eigenvalue weighted by Crippen LogP contribution is 2.33. The van der Waals surface area contributed by atoms with Crippen molar-refractivity contribution in [1.29, 1.82) is 5.26 Å². The van der Waals surface area contributed by atoms with Crippen LogP contribution in [0.15, 0.2) is 70.7 Å². The van der Waals surface area contributed by atoms with Crippen molar-refractivity contribution in [3.8, 4) is 17.4 Å². The lowest BCUT2D eigenvalue weighted by atomic mass is 10.1. The van der Waals surface area contributed by atoms with Crippen molar-refractivity contribution in [1.82, 2.24) is 0 Å². The monoisotopic (exact) mass is 440 g/mol. The van der Waals surface area contributed by atoms with Gasteiger partial charge in [0.2, 0.25) is 0 Å². The molecule has 0 aliphatic rings. The van der Waals surface area contributed by atoms with E-state index in [1.807, 2.05) is 0 Å². The maximum atomic E-state index is 12.9. The summed E-state index contributed by atoms with van der Waals surface area (Å²) in [5.74, 6) is -1.25. The zero-order valence-corrected chi connectivity index (χ0v) is 16.6. The van der Waals surface area contributed by atoms with Crippen LogP contribution in [-0.4, -0.2) is 19.0 Å². The second-order valence-electron chi connectivity index (χ2n) is 6.44. The zero-order valence-electron chi connectivity index (χ0n) is 16.6. The molecule has 6 nitrogen and oxygen atoms in total. The van der Waals surface area contributed by atoms with E-state index in [2.05, 4.69) is 10.1 Å². The van der Waals surface area contributed by atoms with Crippen LogP contribution < -0.4 is 5.32 Å². The minimum absolute atomic E-state index is 0.0883. The first-order chi connectivity index (χ1) is 15.2. The zero-order chi connectivity index (χ0) is 23.3. The number of carbonyl (C=O) groups is 2. The maximum absolute atomic E-state index is 12.9. The summed E-state index contributed by atoms with van der Waals surface area (Å²) in [6, 6.07) is 15.3. The number of carbonyl (C=O) groups excluding carboxylic acids is 2. The van der Waals surface area contributed by atoms with E-state index in [-0.39, 0.29) is 33.9 Å². The van der Waals surface area contributed by atoms with Crippen LogP contribution in [0.4, 0.5) is 18.9 Å². The highest BCUT2D eigenvalue weighted by molar-refractivity contribution is 6.11. The molecule has 0 bridgehead atoms. The Labute approximate surface area is 180 Å². The van der Waals surface area contributed by atoms with Crippen LogP contribution >= 0.6 is 0 Å². The molecule has 1 heterocycles. The van der Waals surface area contributed by atoms with Crippen molar-refractivity contribution in [3.63, 3.8) is 0 Å². The maximum Gasteiger partial charge on any atom is 0.416 e. The average Bonchev–Trinajstić information content (AvgIpc) is 3.25. The van der Waals surface area contributed by atoms with E-state index in [1.54, 1.807) is 18.2 Å². The van der Waals surface area contributed by atoms with Gasteiger partial charge in [0.05, 0.1) is 23.9 Å². The SMILES string of the molecule is COC(=O)c1ccccc1NC(=O)/C(C#N)=C/c1ccc(-c2cccc(C(F)(F)F)c2)o1. The fourth-order valence-electron chi connectivity index (χ4n) is 2.79. The topological polar surface area (TPSA) is 92.3 Å². The van der Waals surface area contributed by atoms with Gasteiger partial charge in [-0.2, -0.15) is 18.4 Å². The highest BCUT2D eigenvalue weighted by Gasteiger charge is 2.30. The second-order valence-corrected chi connectivity index (χ2v) is 6.44. The van der Waals surface area contributed by atoms with Crippen LogP contribution in [0.2, 0.25) is 0 Å². The summed E-state index contributed by atoms with van der Waals surface area (Å²) in [5.41, 5.74) is -0.728. The summed E-state index contributed by atoms with van der Waals surface area (Å²) in [6.07, 6.45) is -3.36. The van der Waals surface area contributed by atoms with Crippen molar-refractivity contribution in [2.24, 2.45) is 0 Å². The molecule has 2 aromatic carbocycles. The number of methoxy groups -OCH3 is 1. The number of furan rings is 1. The number of ether oxygens (including phenoxy) is 1. The van der Waals surface area contributed by atoms with E-state index < -0.39 is 23.6 Å². The third kappa shape index (κ3) is 5.05. The van der Waals surface area contributed by atoms with Crippen LogP contribution in [-0.2, 0) is 15.7 Å². The van der Waals surface area contributed by atoms with Crippen molar-refractivity contribution in [2.45, 2.75) is 6.18 Å². The van der Waals surface area contributed by atoms with Gasteiger partial charge in [0.1, 0.15) is 23.2 Å². The summed E-state index contributed by atoms with van der Waals surface area (Å²) in [7, 11) is 1.19. The number of para-hydroxylation sites is 1. The van der Waals surface area contributed by atoms with E-state index in [0.717, 1.165) is 18.2 Å². The van der Waals surface area contributed by atoms with Crippen molar-refractivity contribution < 1.29 is 31.9 Å². The standard InChI is InChI=1S/C23H15F3N2O4/c1-31-22(30)18-7-2-3-8-19(18)28-21(29)15(13-27)12-17-9-10-20(32-17)14-5-4-6-16(11-14)23(24,25)26/h2-12H,1H3,(H,28,29)/b15-12+. The van der Waals surface area contributed by atoms with Gasteiger partial charge >= 0.3 is 12.1 Å². The number of halogens is 3.